The molecule has 2 atom stereocenters. The number of amides is 1. The first-order chi connectivity index (χ1) is 11.6. The van der Waals surface area contributed by atoms with Crippen molar-refractivity contribution in [2.45, 2.75) is 38.8 Å². The molecule has 0 fully saturated rings. The minimum absolute atomic E-state index is 0.202. The van der Waals surface area contributed by atoms with Gasteiger partial charge in [0, 0.05) is 12.4 Å². The predicted molar refractivity (Wildman–Crippen MR) is 88.5 cm³/mol. The van der Waals surface area contributed by atoms with Crippen molar-refractivity contribution in [3.05, 3.63) is 48.5 Å². The molecule has 2 N–H and O–H groups in total. The van der Waals surface area contributed by atoms with Crippen molar-refractivity contribution in [3.8, 4) is 5.75 Å². The van der Waals surface area contributed by atoms with E-state index in [4.69, 9.17) is 9.78 Å². The van der Waals surface area contributed by atoms with Crippen molar-refractivity contribution < 1.29 is 19.7 Å². The van der Waals surface area contributed by atoms with E-state index in [1.54, 1.807) is 24.5 Å². The summed E-state index contributed by atoms with van der Waals surface area (Å²) in [5.74, 6) is 0.202. The van der Waals surface area contributed by atoms with Gasteiger partial charge in [0.25, 0.3) is 0 Å². The zero-order chi connectivity index (χ0) is 17.4. The number of aromatic nitrogens is 2. The third kappa shape index (κ3) is 5.36. The second-order valence-corrected chi connectivity index (χ2v) is 5.52. The lowest BCUT2D eigenvalue weighted by molar-refractivity contribution is -0.324. The molecule has 1 aromatic carbocycles. The fourth-order valence-corrected chi connectivity index (χ4v) is 2.14. The van der Waals surface area contributed by atoms with E-state index in [9.17, 15) is 9.90 Å². The molecule has 24 heavy (non-hydrogen) atoms. The van der Waals surface area contributed by atoms with Gasteiger partial charge in [-0.15, -0.1) is 0 Å². The first-order valence-electron chi connectivity index (χ1n) is 7.95. The Bertz CT molecular complexity index is 613. The van der Waals surface area contributed by atoms with E-state index in [0.717, 1.165) is 12.0 Å². The highest BCUT2D eigenvalue weighted by atomic mass is 17.2. The molecule has 7 nitrogen and oxygen atoms in total. The number of phenols is 1. The molecule has 0 radical (unpaired) electrons. The number of nitrogens with zero attached hydrogens (tertiary/aromatic N) is 2. The Morgan fingerprint density at radius 1 is 1.38 bits per heavy atom. The first-order valence-corrected chi connectivity index (χ1v) is 7.95. The van der Waals surface area contributed by atoms with E-state index >= 15 is 0 Å². The SMILES string of the molecule is CCCOOC(C)C(Cc1ccc(O)cc1)NC(=O)n1ccnc1. The first kappa shape index (κ1) is 18.0. The minimum atomic E-state index is -0.349. The molecule has 0 bridgehead atoms. The van der Waals surface area contributed by atoms with Crippen molar-refractivity contribution in [1.29, 1.82) is 0 Å². The number of carbonyl (C=O) groups is 1. The van der Waals surface area contributed by atoms with E-state index < -0.39 is 0 Å². The molecular weight excluding hydrogens is 310 g/mol. The van der Waals surface area contributed by atoms with E-state index in [1.165, 1.54) is 10.9 Å². The van der Waals surface area contributed by atoms with Crippen LogP contribution in [0.2, 0.25) is 0 Å². The molecule has 1 amide bonds. The van der Waals surface area contributed by atoms with Gasteiger partial charge < -0.3 is 10.4 Å². The third-order valence-corrected chi connectivity index (χ3v) is 3.51. The molecule has 2 aromatic rings. The Morgan fingerprint density at radius 3 is 2.75 bits per heavy atom. The second kappa shape index (κ2) is 9.05. The summed E-state index contributed by atoms with van der Waals surface area (Å²) in [6, 6.07) is 6.26. The molecule has 0 saturated heterocycles. The highest BCUT2D eigenvalue weighted by Gasteiger charge is 2.22. The maximum atomic E-state index is 12.3. The minimum Gasteiger partial charge on any atom is -0.508 e. The molecule has 1 aromatic heterocycles. The van der Waals surface area contributed by atoms with Crippen LogP contribution in [0.25, 0.3) is 0 Å². The van der Waals surface area contributed by atoms with Crippen molar-refractivity contribution in [3.63, 3.8) is 0 Å². The predicted octanol–water partition coefficient (Wildman–Crippen LogP) is 2.50. The standard InChI is InChI=1S/C17H23N3O4/c1-3-10-23-24-13(2)16(11-14-4-6-15(21)7-5-14)19-17(22)20-9-8-18-12-20/h4-9,12-13,16,21H,3,10-11H2,1-2H3,(H,19,22). The summed E-state index contributed by atoms with van der Waals surface area (Å²) >= 11 is 0. The topological polar surface area (TPSA) is 85.6 Å². The number of aromatic hydroxyl groups is 1. The molecule has 2 unspecified atom stereocenters. The molecular formula is C17H23N3O4. The molecule has 0 aliphatic carbocycles. The summed E-state index contributed by atoms with van der Waals surface area (Å²) in [6.07, 6.45) is 5.59. The van der Waals surface area contributed by atoms with Crippen LogP contribution in [-0.4, -0.2) is 39.4 Å². The summed E-state index contributed by atoms with van der Waals surface area (Å²) in [6.45, 7) is 4.32. The average molecular weight is 333 g/mol. The highest BCUT2D eigenvalue weighted by Crippen LogP contribution is 2.14. The van der Waals surface area contributed by atoms with E-state index in [0.29, 0.717) is 13.0 Å². The van der Waals surface area contributed by atoms with Gasteiger partial charge in [-0.1, -0.05) is 19.1 Å². The number of hydrogen-bond donors (Lipinski definition) is 2. The number of phenolic OH excluding ortho intramolecular Hbond substituents is 1. The number of hydrogen-bond acceptors (Lipinski definition) is 5. The van der Waals surface area contributed by atoms with E-state index in [2.05, 4.69) is 10.3 Å². The second-order valence-electron chi connectivity index (χ2n) is 5.52. The molecule has 7 heteroatoms. The summed E-state index contributed by atoms with van der Waals surface area (Å²) in [5, 5.41) is 12.3. The smallest absolute Gasteiger partial charge is 0.327 e. The van der Waals surface area contributed by atoms with Crippen LogP contribution in [0.1, 0.15) is 25.8 Å². The molecule has 130 valence electrons. The van der Waals surface area contributed by atoms with Crippen LogP contribution < -0.4 is 5.32 Å². The normalized spacial score (nSPS) is 13.4. The van der Waals surface area contributed by atoms with Gasteiger partial charge in [-0.3, -0.25) is 4.57 Å². The van der Waals surface area contributed by atoms with Crippen LogP contribution in [0, 0.1) is 0 Å². The van der Waals surface area contributed by atoms with Crippen LogP contribution in [-0.2, 0) is 16.2 Å². The molecule has 1 heterocycles. The Kier molecular flexibility index (Phi) is 6.77. The number of benzene rings is 1. The van der Waals surface area contributed by atoms with Crippen LogP contribution >= 0.6 is 0 Å². The Balaban J connectivity index is 2.04. The van der Waals surface area contributed by atoms with Gasteiger partial charge in [-0.25, -0.2) is 19.6 Å². The third-order valence-electron chi connectivity index (χ3n) is 3.51. The lowest BCUT2D eigenvalue weighted by Crippen LogP contribution is -2.46. The van der Waals surface area contributed by atoms with Crippen molar-refractivity contribution in [1.82, 2.24) is 14.9 Å². The highest BCUT2D eigenvalue weighted by molar-refractivity contribution is 5.76. The van der Waals surface area contributed by atoms with Crippen molar-refractivity contribution >= 4 is 6.03 Å². The van der Waals surface area contributed by atoms with Gasteiger partial charge in [0.05, 0.1) is 12.6 Å². The Morgan fingerprint density at radius 2 is 2.12 bits per heavy atom. The van der Waals surface area contributed by atoms with Crippen LogP contribution in [0.15, 0.2) is 43.0 Å². The number of imidazole rings is 1. The monoisotopic (exact) mass is 333 g/mol. The van der Waals surface area contributed by atoms with Crippen molar-refractivity contribution in [2.75, 3.05) is 6.61 Å². The van der Waals surface area contributed by atoms with Crippen LogP contribution in [0.4, 0.5) is 4.79 Å². The summed E-state index contributed by atoms with van der Waals surface area (Å²) in [7, 11) is 0. The summed E-state index contributed by atoms with van der Waals surface area (Å²) < 4.78 is 1.36. The lowest BCUT2D eigenvalue weighted by atomic mass is 10.0. The number of rotatable bonds is 8. The van der Waals surface area contributed by atoms with Gasteiger partial charge in [0.1, 0.15) is 18.2 Å². The summed E-state index contributed by atoms with van der Waals surface area (Å²) in [5.41, 5.74) is 0.967. The van der Waals surface area contributed by atoms with Crippen LogP contribution in [0.3, 0.4) is 0 Å². The lowest BCUT2D eigenvalue weighted by Gasteiger charge is -2.24. The molecule has 0 aliphatic heterocycles. The van der Waals surface area contributed by atoms with Gasteiger partial charge in [-0.2, -0.15) is 0 Å². The van der Waals surface area contributed by atoms with Gasteiger partial charge in [0.15, 0.2) is 0 Å². The van der Waals surface area contributed by atoms with Gasteiger partial charge in [-0.05, 0) is 37.5 Å². The maximum absolute atomic E-state index is 12.3. The number of carbonyl (C=O) groups excluding carboxylic acids is 1. The average Bonchev–Trinajstić information content (AvgIpc) is 3.11. The molecule has 2 rings (SSSR count). The largest absolute Gasteiger partial charge is 0.508 e. The Labute approximate surface area is 141 Å². The van der Waals surface area contributed by atoms with Crippen molar-refractivity contribution in [2.24, 2.45) is 0 Å². The maximum Gasteiger partial charge on any atom is 0.327 e. The quantitative estimate of drug-likeness (QED) is 0.440. The van der Waals surface area contributed by atoms with E-state index in [1.807, 2.05) is 26.0 Å². The molecule has 0 aliphatic rings. The van der Waals surface area contributed by atoms with Crippen LogP contribution in [0.5, 0.6) is 5.75 Å². The zero-order valence-corrected chi connectivity index (χ0v) is 13.9. The van der Waals surface area contributed by atoms with E-state index in [-0.39, 0.29) is 23.9 Å². The fourth-order valence-electron chi connectivity index (χ4n) is 2.14. The Hall–Kier alpha value is -2.38. The fraction of sp³-hybridized carbons (Fsp3) is 0.412. The summed E-state index contributed by atoms with van der Waals surface area (Å²) in [4.78, 5) is 26.7. The van der Waals surface area contributed by atoms with Gasteiger partial charge >= 0.3 is 6.03 Å². The molecule has 0 spiro atoms. The molecule has 0 saturated carbocycles. The van der Waals surface area contributed by atoms with Gasteiger partial charge in [0.2, 0.25) is 0 Å². The zero-order valence-electron chi connectivity index (χ0n) is 13.9. The number of nitrogens with one attached hydrogen (secondary N) is 1.